The minimum Gasteiger partial charge on any atom is -0.353 e. The molecule has 0 unspecified atom stereocenters. The second kappa shape index (κ2) is 6.76. The second-order valence-electron chi connectivity index (χ2n) is 4.13. The Morgan fingerprint density at radius 2 is 2.05 bits per heavy atom. The van der Waals surface area contributed by atoms with Crippen molar-refractivity contribution in [2.24, 2.45) is 0 Å². The average molecular weight is 299 g/mol. The van der Waals surface area contributed by atoms with Crippen LogP contribution in [0.4, 0.5) is 0 Å². The smallest absolute Gasteiger partial charge is 0.353 e. The summed E-state index contributed by atoms with van der Waals surface area (Å²) in [5, 5.41) is 0. The number of hydrogen-bond acceptors (Lipinski definition) is 6. The van der Waals surface area contributed by atoms with Crippen LogP contribution in [0.25, 0.3) is 0 Å². The summed E-state index contributed by atoms with van der Waals surface area (Å²) in [6.45, 7) is 2.96. The van der Waals surface area contributed by atoms with E-state index in [-0.39, 0.29) is 6.42 Å². The van der Waals surface area contributed by atoms with Gasteiger partial charge in [-0.3, -0.25) is 14.2 Å². The van der Waals surface area contributed by atoms with Gasteiger partial charge >= 0.3 is 7.82 Å². The Morgan fingerprint density at radius 3 is 2.53 bits per heavy atom. The minimum atomic E-state index is -4.67. The molecule has 9 nitrogen and oxygen atoms in total. The number of rotatable bonds is 5. The van der Waals surface area contributed by atoms with E-state index in [4.69, 9.17) is 24.1 Å². The van der Waals surface area contributed by atoms with E-state index >= 15 is 0 Å². The first-order valence-corrected chi connectivity index (χ1v) is 7.10. The molecule has 0 radical (unpaired) electrons. The molecule has 0 bridgehead atoms. The predicted octanol–water partition coefficient (Wildman–Crippen LogP) is -0.318. The quantitative estimate of drug-likeness (QED) is 0.466. The van der Waals surface area contributed by atoms with Crippen LogP contribution < -0.4 is 5.48 Å². The summed E-state index contributed by atoms with van der Waals surface area (Å²) in [5.41, 5.74) is 2.15. The SMILES string of the molecule is CO[C@H]1O[C@H](C)[C@H](ONC(C)=O)C[C@@H]1OP(=O)(O)O. The number of ether oxygens (including phenoxy) is 2. The highest BCUT2D eigenvalue weighted by atomic mass is 31.2. The standard InChI is InChI=1S/C9H18NO8P/c1-5-7(17-10-6(2)11)4-8(9(15-3)16-5)18-19(12,13)14/h5,7-9H,4H2,1-3H3,(H,10,11)(H2,12,13,14)/t5-,7-,8+,9+/m1/s1. The monoisotopic (exact) mass is 299 g/mol. The lowest BCUT2D eigenvalue weighted by Crippen LogP contribution is -2.50. The van der Waals surface area contributed by atoms with Crippen LogP contribution in [0.2, 0.25) is 0 Å². The molecule has 3 N–H and O–H groups in total. The van der Waals surface area contributed by atoms with Crippen LogP contribution in [0.15, 0.2) is 0 Å². The molecule has 1 rings (SSSR count). The van der Waals surface area contributed by atoms with E-state index in [1.165, 1.54) is 14.0 Å². The van der Waals surface area contributed by atoms with Gasteiger partial charge in [-0.2, -0.15) is 0 Å². The molecule has 1 saturated heterocycles. The van der Waals surface area contributed by atoms with Crippen molar-refractivity contribution in [3.63, 3.8) is 0 Å². The van der Waals surface area contributed by atoms with E-state index in [9.17, 15) is 9.36 Å². The van der Waals surface area contributed by atoms with Crippen molar-refractivity contribution in [3.8, 4) is 0 Å². The number of methoxy groups -OCH3 is 1. The van der Waals surface area contributed by atoms with Crippen molar-refractivity contribution in [2.45, 2.75) is 44.9 Å². The summed E-state index contributed by atoms with van der Waals surface area (Å²) < 4.78 is 25.8. The van der Waals surface area contributed by atoms with Crippen LogP contribution >= 0.6 is 7.82 Å². The first-order valence-electron chi connectivity index (χ1n) is 5.57. The number of amides is 1. The lowest BCUT2D eigenvalue weighted by molar-refractivity contribution is -0.262. The Bertz CT molecular complexity index is 358. The van der Waals surface area contributed by atoms with Crippen LogP contribution in [0.3, 0.4) is 0 Å². The number of nitrogens with one attached hydrogen (secondary N) is 1. The van der Waals surface area contributed by atoms with Crippen molar-refractivity contribution >= 4 is 13.7 Å². The molecule has 1 aliphatic heterocycles. The Balaban J connectivity index is 2.67. The van der Waals surface area contributed by atoms with E-state index in [0.29, 0.717) is 0 Å². The Kier molecular flexibility index (Phi) is 5.87. The third-order valence-corrected chi connectivity index (χ3v) is 3.04. The van der Waals surface area contributed by atoms with Gasteiger partial charge in [0.15, 0.2) is 6.29 Å². The summed E-state index contributed by atoms with van der Waals surface area (Å²) >= 11 is 0. The summed E-state index contributed by atoms with van der Waals surface area (Å²) in [6, 6.07) is 0. The molecule has 10 heteroatoms. The molecule has 1 amide bonds. The van der Waals surface area contributed by atoms with Gasteiger partial charge in [-0.1, -0.05) is 0 Å². The molecule has 0 aromatic heterocycles. The summed E-state index contributed by atoms with van der Waals surface area (Å²) in [6.07, 6.45) is -2.86. The maximum absolute atomic E-state index is 10.9. The van der Waals surface area contributed by atoms with Crippen LogP contribution in [0.1, 0.15) is 20.3 Å². The highest BCUT2D eigenvalue weighted by molar-refractivity contribution is 7.46. The van der Waals surface area contributed by atoms with Gasteiger partial charge in [0.2, 0.25) is 5.91 Å². The molecule has 0 aliphatic carbocycles. The Morgan fingerprint density at radius 1 is 1.42 bits per heavy atom. The van der Waals surface area contributed by atoms with Crippen molar-refractivity contribution in [1.82, 2.24) is 5.48 Å². The zero-order valence-corrected chi connectivity index (χ0v) is 11.7. The molecule has 0 spiro atoms. The summed E-state index contributed by atoms with van der Waals surface area (Å²) in [5.74, 6) is -0.395. The number of hydroxylamine groups is 1. The van der Waals surface area contributed by atoms with Gasteiger partial charge in [-0.25, -0.2) is 10.0 Å². The Labute approximate surface area is 110 Å². The maximum atomic E-state index is 10.9. The normalized spacial score (nSPS) is 32.1. The van der Waals surface area contributed by atoms with Gasteiger partial charge in [0.05, 0.1) is 6.10 Å². The van der Waals surface area contributed by atoms with Crippen LogP contribution in [0, 0.1) is 0 Å². The highest BCUT2D eigenvalue weighted by Gasteiger charge is 2.41. The minimum absolute atomic E-state index is 0.102. The average Bonchev–Trinajstić information content (AvgIpc) is 2.27. The molecular weight excluding hydrogens is 281 g/mol. The zero-order chi connectivity index (χ0) is 14.6. The fraction of sp³-hybridized carbons (Fsp3) is 0.889. The zero-order valence-electron chi connectivity index (χ0n) is 10.8. The van der Waals surface area contributed by atoms with Crippen LogP contribution in [-0.2, 0) is 28.2 Å². The summed E-state index contributed by atoms with van der Waals surface area (Å²) in [7, 11) is -3.34. The third-order valence-electron chi connectivity index (χ3n) is 2.50. The van der Waals surface area contributed by atoms with Crippen molar-refractivity contribution in [1.29, 1.82) is 0 Å². The number of carbonyl (C=O) groups excluding carboxylic acids is 1. The first kappa shape index (κ1) is 16.5. The second-order valence-corrected chi connectivity index (χ2v) is 5.32. The number of phosphoric ester groups is 1. The van der Waals surface area contributed by atoms with E-state index in [1.54, 1.807) is 6.92 Å². The van der Waals surface area contributed by atoms with Crippen LogP contribution in [-0.4, -0.2) is 47.4 Å². The van der Waals surface area contributed by atoms with Gasteiger partial charge in [0.25, 0.3) is 0 Å². The molecule has 0 saturated carbocycles. The van der Waals surface area contributed by atoms with Crippen LogP contribution in [0.5, 0.6) is 0 Å². The lowest BCUT2D eigenvalue weighted by atomic mass is 10.0. The molecule has 19 heavy (non-hydrogen) atoms. The molecule has 4 atom stereocenters. The van der Waals surface area contributed by atoms with E-state index in [2.05, 4.69) is 10.0 Å². The molecule has 0 aromatic rings. The lowest BCUT2D eigenvalue weighted by Gasteiger charge is -2.38. The van der Waals surface area contributed by atoms with E-state index < -0.39 is 38.3 Å². The molecule has 0 aromatic carbocycles. The third kappa shape index (κ3) is 5.53. The highest BCUT2D eigenvalue weighted by Crippen LogP contribution is 2.41. The Hall–Kier alpha value is -0.540. The van der Waals surface area contributed by atoms with Gasteiger partial charge in [0.1, 0.15) is 12.2 Å². The maximum Gasteiger partial charge on any atom is 0.470 e. The van der Waals surface area contributed by atoms with Crippen molar-refractivity contribution in [2.75, 3.05) is 7.11 Å². The molecule has 112 valence electrons. The first-order chi connectivity index (χ1) is 8.73. The van der Waals surface area contributed by atoms with Gasteiger partial charge in [-0.15, -0.1) is 0 Å². The van der Waals surface area contributed by atoms with Gasteiger partial charge in [-0.05, 0) is 6.92 Å². The number of phosphoric acid groups is 1. The number of carbonyl (C=O) groups is 1. The largest absolute Gasteiger partial charge is 0.470 e. The van der Waals surface area contributed by atoms with Crippen molar-refractivity contribution in [3.05, 3.63) is 0 Å². The summed E-state index contributed by atoms with van der Waals surface area (Å²) in [4.78, 5) is 33.5. The molecule has 1 heterocycles. The fourth-order valence-electron chi connectivity index (χ4n) is 1.70. The van der Waals surface area contributed by atoms with Gasteiger partial charge in [0, 0.05) is 20.5 Å². The van der Waals surface area contributed by atoms with Crippen molar-refractivity contribution < 1.29 is 38.0 Å². The van der Waals surface area contributed by atoms with E-state index in [0.717, 1.165) is 0 Å². The molecular formula is C9H18NO8P. The predicted molar refractivity (Wildman–Crippen MR) is 61.6 cm³/mol. The number of hydrogen-bond donors (Lipinski definition) is 3. The topological polar surface area (TPSA) is 124 Å². The molecule has 1 fully saturated rings. The molecule has 1 aliphatic rings. The van der Waals surface area contributed by atoms with Gasteiger partial charge < -0.3 is 19.3 Å². The van der Waals surface area contributed by atoms with E-state index in [1.807, 2.05) is 0 Å². The fourth-order valence-corrected chi connectivity index (χ4v) is 2.24.